The van der Waals surface area contributed by atoms with Crippen molar-refractivity contribution in [2.24, 2.45) is 10.7 Å². The lowest BCUT2D eigenvalue weighted by Crippen LogP contribution is -2.43. The highest BCUT2D eigenvalue weighted by Gasteiger charge is 2.04. The fraction of sp³-hybridized carbons (Fsp3) is 0. The lowest BCUT2D eigenvalue weighted by molar-refractivity contribution is -0.112. The Hall–Kier alpha value is -1.52. The van der Waals surface area contributed by atoms with Crippen molar-refractivity contribution in [2.75, 3.05) is 0 Å². The van der Waals surface area contributed by atoms with E-state index in [4.69, 9.17) is 5.73 Å². The lowest BCUT2D eigenvalue weighted by atomic mass is 10.5. The summed E-state index contributed by atoms with van der Waals surface area (Å²) in [5.74, 6) is -0.454. The molecule has 1 heterocycles. The number of carbonyl (C=O) groups is 1. The van der Waals surface area contributed by atoms with Gasteiger partial charge in [0.15, 0.2) is 0 Å². The molecule has 1 rings (SSSR count). The number of rotatable bonds is 1. The second-order valence-corrected chi connectivity index (χ2v) is 1.43. The average molecular weight is 126 g/mol. The van der Waals surface area contributed by atoms with Crippen molar-refractivity contribution in [2.45, 2.75) is 0 Å². The molecular weight excluding hydrogens is 120 g/mol. The van der Waals surface area contributed by atoms with Gasteiger partial charge in [0.05, 0.1) is 0 Å². The van der Waals surface area contributed by atoms with Crippen LogP contribution in [0.5, 0.6) is 0 Å². The third kappa shape index (κ3) is 1.18. The summed E-state index contributed by atoms with van der Waals surface area (Å²) in [5.41, 5.74) is 9.87. The molecule has 0 aromatic heterocycles. The molecule has 0 saturated carbocycles. The minimum Gasteiger partial charge on any atom is -0.363 e. The van der Waals surface area contributed by atoms with Crippen LogP contribution in [0.1, 0.15) is 0 Å². The summed E-state index contributed by atoms with van der Waals surface area (Å²) in [6, 6.07) is 0. The Morgan fingerprint density at radius 3 is 2.89 bits per heavy atom. The van der Waals surface area contributed by atoms with Gasteiger partial charge in [0.2, 0.25) is 5.84 Å². The van der Waals surface area contributed by atoms with E-state index in [1.807, 2.05) is 0 Å². The number of amides is 1. The number of hydrazine groups is 1. The third-order valence-corrected chi connectivity index (χ3v) is 0.785. The van der Waals surface area contributed by atoms with Crippen LogP contribution < -0.4 is 16.6 Å². The standard InChI is InChI=1S/C4H6N4O/c5-3(9)4-6-1-2-7-8-4/h1-2,7H,(H2,5,9)(H,6,8). The first kappa shape index (κ1) is 5.61. The van der Waals surface area contributed by atoms with Gasteiger partial charge in [-0.05, 0) is 0 Å². The molecule has 1 aliphatic rings. The zero-order valence-corrected chi connectivity index (χ0v) is 4.59. The molecule has 4 N–H and O–H groups in total. The molecular formula is C4H6N4O. The first-order valence-electron chi connectivity index (χ1n) is 2.35. The Morgan fingerprint density at radius 1 is 1.78 bits per heavy atom. The van der Waals surface area contributed by atoms with Gasteiger partial charge in [-0.3, -0.25) is 10.2 Å². The fourth-order valence-corrected chi connectivity index (χ4v) is 0.417. The van der Waals surface area contributed by atoms with Gasteiger partial charge >= 0.3 is 0 Å². The van der Waals surface area contributed by atoms with Crippen LogP contribution in [0.25, 0.3) is 0 Å². The highest BCUT2D eigenvalue weighted by atomic mass is 16.1. The monoisotopic (exact) mass is 126 g/mol. The van der Waals surface area contributed by atoms with Crippen LogP contribution in [0.2, 0.25) is 0 Å². The summed E-state index contributed by atoms with van der Waals surface area (Å²) in [5, 5.41) is 0. The van der Waals surface area contributed by atoms with Crippen molar-refractivity contribution >= 4 is 11.7 Å². The van der Waals surface area contributed by atoms with Crippen LogP contribution >= 0.6 is 0 Å². The van der Waals surface area contributed by atoms with Gasteiger partial charge in [-0.1, -0.05) is 0 Å². The van der Waals surface area contributed by atoms with Crippen LogP contribution in [0.4, 0.5) is 0 Å². The summed E-state index contributed by atoms with van der Waals surface area (Å²) in [6.07, 6.45) is 2.99. The maximum atomic E-state index is 10.3. The van der Waals surface area contributed by atoms with Crippen LogP contribution in [-0.4, -0.2) is 11.7 Å². The van der Waals surface area contributed by atoms with Crippen molar-refractivity contribution in [1.82, 2.24) is 10.9 Å². The minimum atomic E-state index is -0.577. The van der Waals surface area contributed by atoms with Crippen molar-refractivity contribution in [3.05, 3.63) is 12.4 Å². The average Bonchev–Trinajstić information content (AvgIpc) is 1.90. The van der Waals surface area contributed by atoms with E-state index < -0.39 is 5.91 Å². The van der Waals surface area contributed by atoms with Crippen LogP contribution in [0, 0.1) is 0 Å². The van der Waals surface area contributed by atoms with Crippen LogP contribution in [-0.2, 0) is 4.79 Å². The SMILES string of the molecule is NC(=O)C1=NC=CNN1. The van der Waals surface area contributed by atoms with Gasteiger partial charge < -0.3 is 11.2 Å². The quantitative estimate of drug-likeness (QED) is 0.398. The highest BCUT2D eigenvalue weighted by Crippen LogP contribution is 1.79. The molecule has 0 spiro atoms. The molecule has 5 heteroatoms. The Kier molecular flexibility index (Phi) is 1.35. The number of hydrogen-bond acceptors (Lipinski definition) is 4. The molecule has 1 aliphatic heterocycles. The summed E-state index contributed by atoms with van der Waals surface area (Å²) in [6.45, 7) is 0. The van der Waals surface area contributed by atoms with E-state index in [9.17, 15) is 4.79 Å². The molecule has 48 valence electrons. The summed E-state index contributed by atoms with van der Waals surface area (Å²) >= 11 is 0. The van der Waals surface area contributed by atoms with E-state index in [0.29, 0.717) is 0 Å². The molecule has 0 aromatic carbocycles. The predicted octanol–water partition coefficient (Wildman–Crippen LogP) is -1.55. The van der Waals surface area contributed by atoms with E-state index in [2.05, 4.69) is 15.8 Å². The molecule has 0 radical (unpaired) electrons. The fourth-order valence-electron chi connectivity index (χ4n) is 0.417. The smallest absolute Gasteiger partial charge is 0.285 e. The maximum Gasteiger partial charge on any atom is 0.285 e. The second-order valence-electron chi connectivity index (χ2n) is 1.43. The zero-order chi connectivity index (χ0) is 6.69. The summed E-state index contributed by atoms with van der Waals surface area (Å²) < 4.78 is 0. The molecule has 0 unspecified atom stereocenters. The number of nitrogens with two attached hydrogens (primary N) is 1. The molecule has 5 nitrogen and oxygen atoms in total. The number of hydrogen-bond donors (Lipinski definition) is 3. The Morgan fingerprint density at radius 2 is 2.56 bits per heavy atom. The largest absolute Gasteiger partial charge is 0.363 e. The van der Waals surface area contributed by atoms with E-state index in [1.54, 1.807) is 6.20 Å². The summed E-state index contributed by atoms with van der Waals surface area (Å²) in [4.78, 5) is 13.9. The Balaban J connectivity index is 2.68. The van der Waals surface area contributed by atoms with Crippen molar-refractivity contribution in [1.29, 1.82) is 0 Å². The molecule has 0 aliphatic carbocycles. The molecule has 0 saturated heterocycles. The third-order valence-electron chi connectivity index (χ3n) is 0.785. The molecule has 0 fully saturated rings. The molecule has 0 atom stereocenters. The highest BCUT2D eigenvalue weighted by molar-refractivity contribution is 6.37. The maximum absolute atomic E-state index is 10.3. The van der Waals surface area contributed by atoms with E-state index in [-0.39, 0.29) is 5.84 Å². The van der Waals surface area contributed by atoms with Crippen molar-refractivity contribution < 1.29 is 4.79 Å². The minimum absolute atomic E-state index is 0.123. The van der Waals surface area contributed by atoms with Gasteiger partial charge in [0, 0.05) is 12.4 Å². The van der Waals surface area contributed by atoms with Gasteiger partial charge in [-0.15, -0.1) is 0 Å². The molecule has 0 bridgehead atoms. The molecule has 9 heavy (non-hydrogen) atoms. The number of amidine groups is 1. The van der Waals surface area contributed by atoms with E-state index in [0.717, 1.165) is 0 Å². The van der Waals surface area contributed by atoms with Gasteiger partial charge in [-0.2, -0.15) is 0 Å². The van der Waals surface area contributed by atoms with Crippen LogP contribution in [0.15, 0.2) is 17.4 Å². The number of nitrogens with zero attached hydrogens (tertiary/aromatic N) is 1. The topological polar surface area (TPSA) is 79.5 Å². The lowest BCUT2D eigenvalue weighted by Gasteiger charge is -2.07. The second kappa shape index (κ2) is 2.17. The van der Waals surface area contributed by atoms with Crippen LogP contribution in [0.3, 0.4) is 0 Å². The number of carbonyl (C=O) groups excluding carboxylic acids is 1. The van der Waals surface area contributed by atoms with Crippen molar-refractivity contribution in [3.63, 3.8) is 0 Å². The van der Waals surface area contributed by atoms with Crippen molar-refractivity contribution in [3.8, 4) is 0 Å². The Labute approximate surface area is 51.6 Å². The molecule has 1 amide bonds. The number of nitrogens with one attached hydrogen (secondary N) is 2. The van der Waals surface area contributed by atoms with Gasteiger partial charge in [0.25, 0.3) is 5.91 Å². The number of primary amides is 1. The van der Waals surface area contributed by atoms with E-state index >= 15 is 0 Å². The predicted molar refractivity (Wildman–Crippen MR) is 32.0 cm³/mol. The van der Waals surface area contributed by atoms with Gasteiger partial charge in [0.1, 0.15) is 0 Å². The van der Waals surface area contributed by atoms with E-state index in [1.165, 1.54) is 6.20 Å². The first-order valence-corrected chi connectivity index (χ1v) is 2.35. The first-order chi connectivity index (χ1) is 4.30. The van der Waals surface area contributed by atoms with Gasteiger partial charge in [-0.25, -0.2) is 4.99 Å². The zero-order valence-electron chi connectivity index (χ0n) is 4.59. The summed E-state index contributed by atoms with van der Waals surface area (Å²) in [7, 11) is 0. The normalized spacial score (nSPS) is 15.3. The molecule has 0 aromatic rings. The number of aliphatic imine (C=N–C) groups is 1. The Bertz CT molecular complexity index is 183.